The summed E-state index contributed by atoms with van der Waals surface area (Å²) in [5, 5.41) is 0. The summed E-state index contributed by atoms with van der Waals surface area (Å²) in [5.41, 5.74) is 3.97. The number of aromatic amines is 1. The second kappa shape index (κ2) is 7.95. The highest BCUT2D eigenvalue weighted by Gasteiger charge is 2.25. The molecule has 0 aliphatic rings. The van der Waals surface area contributed by atoms with Crippen LogP contribution in [-0.4, -0.2) is 28.6 Å². The fourth-order valence-electron chi connectivity index (χ4n) is 2.93. The molecule has 0 aliphatic carbocycles. The number of H-pyrrole nitrogens is 1. The second-order valence-electron chi connectivity index (χ2n) is 6.31. The Morgan fingerprint density at radius 1 is 1.12 bits per heavy atom. The van der Waals surface area contributed by atoms with Crippen molar-refractivity contribution >= 4 is 23.6 Å². The predicted molar refractivity (Wildman–Crippen MR) is 100 cm³/mol. The van der Waals surface area contributed by atoms with Gasteiger partial charge in [0.15, 0.2) is 11.9 Å². The van der Waals surface area contributed by atoms with Gasteiger partial charge < -0.3 is 9.72 Å². The zero-order chi connectivity index (χ0) is 19.4. The first-order valence-corrected chi connectivity index (χ1v) is 8.41. The Morgan fingerprint density at radius 3 is 2.35 bits per heavy atom. The van der Waals surface area contributed by atoms with Gasteiger partial charge in [-0.3, -0.25) is 9.59 Å². The quantitative estimate of drug-likeness (QED) is 0.484. The topological polar surface area (TPSA) is 76.2 Å². The summed E-state index contributed by atoms with van der Waals surface area (Å²) < 4.78 is 5.21. The van der Waals surface area contributed by atoms with Gasteiger partial charge in [0.2, 0.25) is 5.78 Å². The Balaban J connectivity index is 2.10. The van der Waals surface area contributed by atoms with Gasteiger partial charge in [-0.2, -0.15) is 0 Å². The van der Waals surface area contributed by atoms with Crippen LogP contribution in [0, 0.1) is 20.8 Å². The van der Waals surface area contributed by atoms with Gasteiger partial charge in [0.1, 0.15) is 0 Å². The normalized spacial score (nSPS) is 12.2. The Bertz CT molecular complexity index is 889. The van der Waals surface area contributed by atoms with Gasteiger partial charge >= 0.3 is 5.97 Å². The van der Waals surface area contributed by atoms with E-state index in [9.17, 15) is 14.4 Å². The zero-order valence-electron chi connectivity index (χ0n) is 15.7. The van der Waals surface area contributed by atoms with Crippen LogP contribution in [0.1, 0.15) is 57.1 Å². The SMILES string of the molecule is CC(=O)c1c(C)[nH]c(C(=O)[C@H](C)OC(=O)/C=C/c2ccccc2C)c1C. The summed E-state index contributed by atoms with van der Waals surface area (Å²) in [7, 11) is 0. The molecule has 136 valence electrons. The number of carbonyl (C=O) groups is 3. The molecular weight excluding hydrogens is 330 g/mol. The number of carbonyl (C=O) groups excluding carboxylic acids is 3. The third kappa shape index (κ3) is 4.17. The summed E-state index contributed by atoms with van der Waals surface area (Å²) in [5.74, 6) is -1.07. The van der Waals surface area contributed by atoms with E-state index in [0.717, 1.165) is 11.1 Å². The highest BCUT2D eigenvalue weighted by Crippen LogP contribution is 2.20. The van der Waals surface area contributed by atoms with Crippen LogP contribution >= 0.6 is 0 Å². The van der Waals surface area contributed by atoms with Crippen LogP contribution in [0.5, 0.6) is 0 Å². The van der Waals surface area contributed by atoms with Crippen LogP contribution in [0.2, 0.25) is 0 Å². The van der Waals surface area contributed by atoms with Gasteiger partial charge in [-0.15, -0.1) is 0 Å². The van der Waals surface area contributed by atoms with E-state index < -0.39 is 12.1 Å². The zero-order valence-corrected chi connectivity index (χ0v) is 15.7. The molecule has 0 amide bonds. The van der Waals surface area contributed by atoms with E-state index >= 15 is 0 Å². The molecule has 0 bridgehead atoms. The summed E-state index contributed by atoms with van der Waals surface area (Å²) in [4.78, 5) is 39.2. The average molecular weight is 353 g/mol. The molecule has 0 unspecified atom stereocenters. The first kappa shape index (κ1) is 19.4. The third-order valence-corrected chi connectivity index (χ3v) is 4.29. The highest BCUT2D eigenvalue weighted by molar-refractivity contribution is 6.05. The number of benzene rings is 1. The van der Waals surface area contributed by atoms with Crippen molar-refractivity contribution in [2.45, 2.75) is 40.7 Å². The Hall–Kier alpha value is -2.95. The van der Waals surface area contributed by atoms with Gasteiger partial charge in [0.25, 0.3) is 0 Å². The monoisotopic (exact) mass is 353 g/mol. The minimum atomic E-state index is -0.958. The lowest BCUT2D eigenvalue weighted by atomic mass is 10.0. The number of ether oxygens (including phenoxy) is 1. The molecule has 0 radical (unpaired) electrons. The second-order valence-corrected chi connectivity index (χ2v) is 6.31. The van der Waals surface area contributed by atoms with E-state index in [-0.39, 0.29) is 11.6 Å². The van der Waals surface area contributed by atoms with Crippen molar-refractivity contribution in [2.24, 2.45) is 0 Å². The fourth-order valence-corrected chi connectivity index (χ4v) is 2.93. The number of esters is 1. The molecule has 0 fully saturated rings. The molecule has 0 saturated carbocycles. The summed E-state index contributed by atoms with van der Waals surface area (Å²) in [6, 6.07) is 7.64. The smallest absolute Gasteiger partial charge is 0.331 e. The lowest BCUT2D eigenvalue weighted by Gasteiger charge is -2.10. The molecule has 26 heavy (non-hydrogen) atoms. The minimum Gasteiger partial charge on any atom is -0.451 e. The lowest BCUT2D eigenvalue weighted by Crippen LogP contribution is -2.24. The van der Waals surface area contributed by atoms with Crippen molar-refractivity contribution < 1.29 is 19.1 Å². The largest absolute Gasteiger partial charge is 0.451 e. The van der Waals surface area contributed by atoms with Crippen LogP contribution in [-0.2, 0) is 9.53 Å². The maximum absolute atomic E-state index is 12.6. The molecule has 0 saturated heterocycles. The maximum Gasteiger partial charge on any atom is 0.331 e. The fraction of sp³-hybridized carbons (Fsp3) is 0.286. The molecule has 2 aromatic rings. The predicted octanol–water partition coefficient (Wildman–Crippen LogP) is 3.97. The number of Topliss-reactive ketones (excluding diaryl/α,β-unsaturated/α-hetero) is 2. The molecule has 5 heteroatoms. The first-order chi connectivity index (χ1) is 12.2. The van der Waals surface area contributed by atoms with Crippen LogP contribution in [0.3, 0.4) is 0 Å². The third-order valence-electron chi connectivity index (χ3n) is 4.29. The molecule has 1 aromatic heterocycles. The number of aryl methyl sites for hydroxylation is 2. The van der Waals surface area contributed by atoms with Gasteiger partial charge in [-0.1, -0.05) is 24.3 Å². The van der Waals surface area contributed by atoms with Crippen molar-refractivity contribution in [3.63, 3.8) is 0 Å². The lowest BCUT2D eigenvalue weighted by molar-refractivity contribution is -0.140. The standard InChI is InChI=1S/C21H23NO4/c1-12-8-6-7-9-17(12)10-11-18(24)26-16(5)21(25)20-13(2)19(15(4)23)14(3)22-20/h6-11,16,22H,1-5H3/b11-10+/t16-/m0/s1. The average Bonchev–Trinajstić information content (AvgIpc) is 2.87. The van der Waals surface area contributed by atoms with Crippen LogP contribution < -0.4 is 0 Å². The van der Waals surface area contributed by atoms with E-state index in [1.54, 1.807) is 19.9 Å². The summed E-state index contributed by atoms with van der Waals surface area (Å²) >= 11 is 0. The number of rotatable bonds is 6. The van der Waals surface area contributed by atoms with Crippen molar-refractivity contribution in [3.8, 4) is 0 Å². The number of hydrogen-bond donors (Lipinski definition) is 1. The molecule has 5 nitrogen and oxygen atoms in total. The van der Waals surface area contributed by atoms with Crippen molar-refractivity contribution in [3.05, 3.63) is 64.0 Å². The maximum atomic E-state index is 12.6. The Morgan fingerprint density at radius 2 is 1.77 bits per heavy atom. The Kier molecular flexibility index (Phi) is 5.93. The summed E-state index contributed by atoms with van der Waals surface area (Å²) in [6.45, 7) is 8.37. The van der Waals surface area contributed by atoms with Gasteiger partial charge in [-0.25, -0.2) is 4.79 Å². The molecule has 1 N–H and O–H groups in total. The van der Waals surface area contributed by atoms with Crippen molar-refractivity contribution in [2.75, 3.05) is 0 Å². The number of nitrogens with one attached hydrogen (secondary N) is 1. The van der Waals surface area contributed by atoms with Crippen LogP contribution in [0.15, 0.2) is 30.3 Å². The minimum absolute atomic E-state index is 0.110. The molecule has 1 heterocycles. The van der Waals surface area contributed by atoms with E-state index in [1.165, 1.54) is 19.9 Å². The number of ketones is 2. The van der Waals surface area contributed by atoms with E-state index in [4.69, 9.17) is 4.74 Å². The number of hydrogen-bond acceptors (Lipinski definition) is 4. The first-order valence-electron chi connectivity index (χ1n) is 8.41. The summed E-state index contributed by atoms with van der Waals surface area (Å²) in [6.07, 6.45) is 2.01. The van der Waals surface area contributed by atoms with Gasteiger partial charge in [0.05, 0.1) is 5.69 Å². The van der Waals surface area contributed by atoms with E-state index in [1.807, 2.05) is 31.2 Å². The molecule has 1 atom stereocenters. The molecule has 2 rings (SSSR count). The highest BCUT2D eigenvalue weighted by atomic mass is 16.5. The molecule has 1 aromatic carbocycles. The van der Waals surface area contributed by atoms with Crippen LogP contribution in [0.4, 0.5) is 0 Å². The van der Waals surface area contributed by atoms with Gasteiger partial charge in [-0.05, 0) is 57.4 Å². The molecule has 0 spiro atoms. The van der Waals surface area contributed by atoms with E-state index in [2.05, 4.69) is 4.98 Å². The van der Waals surface area contributed by atoms with Crippen molar-refractivity contribution in [1.82, 2.24) is 4.98 Å². The Labute approximate surface area is 153 Å². The molecular formula is C21H23NO4. The van der Waals surface area contributed by atoms with Gasteiger partial charge in [0, 0.05) is 17.3 Å². The van der Waals surface area contributed by atoms with Crippen molar-refractivity contribution in [1.29, 1.82) is 0 Å². The van der Waals surface area contributed by atoms with Crippen LogP contribution in [0.25, 0.3) is 6.08 Å². The number of aromatic nitrogens is 1. The molecule has 0 aliphatic heterocycles. The van der Waals surface area contributed by atoms with E-state index in [0.29, 0.717) is 22.5 Å².